The number of oxime groups is 1. The van der Waals surface area contributed by atoms with Gasteiger partial charge in [0.05, 0.1) is 6.21 Å². The molecule has 3 nitrogen and oxygen atoms in total. The molecule has 0 unspecified atom stereocenters. The van der Waals surface area contributed by atoms with Crippen LogP contribution in [-0.4, -0.2) is 16.5 Å². The van der Waals surface area contributed by atoms with Gasteiger partial charge in [0, 0.05) is 5.56 Å². The molecule has 0 atom stereocenters. The van der Waals surface area contributed by atoms with Gasteiger partial charge < -0.3 is 10.3 Å². The van der Waals surface area contributed by atoms with Crippen LogP contribution in [0.3, 0.4) is 0 Å². The highest BCUT2D eigenvalue weighted by atomic mass is 16.4. The van der Waals surface area contributed by atoms with Crippen molar-refractivity contribution in [3.63, 3.8) is 0 Å². The van der Waals surface area contributed by atoms with Gasteiger partial charge in [0.2, 0.25) is 0 Å². The van der Waals surface area contributed by atoms with Crippen molar-refractivity contribution in [3.05, 3.63) is 29.3 Å². The second-order valence-electron chi connectivity index (χ2n) is 4.27. The average Bonchev–Trinajstić information content (AvgIpc) is 2.07. The second-order valence-corrected chi connectivity index (χ2v) is 4.27. The lowest BCUT2D eigenvalue weighted by molar-refractivity contribution is 0.321. The Kier molecular flexibility index (Phi) is 2.79. The van der Waals surface area contributed by atoms with E-state index >= 15 is 0 Å². The minimum atomic E-state index is 0.0196. The molecular weight excluding hydrogens is 178 g/mol. The number of rotatable bonds is 1. The molecule has 2 N–H and O–H groups in total. The van der Waals surface area contributed by atoms with E-state index in [2.05, 4.69) is 25.9 Å². The van der Waals surface area contributed by atoms with Crippen molar-refractivity contribution in [1.82, 2.24) is 0 Å². The summed E-state index contributed by atoms with van der Waals surface area (Å²) in [6.07, 6.45) is 1.23. The quantitative estimate of drug-likeness (QED) is 0.409. The van der Waals surface area contributed by atoms with Crippen LogP contribution in [0.15, 0.2) is 23.4 Å². The first-order valence-electron chi connectivity index (χ1n) is 4.46. The third-order valence-corrected chi connectivity index (χ3v) is 2.09. The van der Waals surface area contributed by atoms with Crippen molar-refractivity contribution in [2.75, 3.05) is 0 Å². The zero-order valence-electron chi connectivity index (χ0n) is 8.65. The largest absolute Gasteiger partial charge is 0.507 e. The topological polar surface area (TPSA) is 52.8 Å². The van der Waals surface area contributed by atoms with E-state index in [0.29, 0.717) is 5.56 Å². The third kappa shape index (κ3) is 2.25. The number of aromatic hydroxyl groups is 1. The summed E-state index contributed by atoms with van der Waals surface area (Å²) in [5.41, 5.74) is 1.64. The third-order valence-electron chi connectivity index (χ3n) is 2.09. The second kappa shape index (κ2) is 3.70. The van der Waals surface area contributed by atoms with E-state index in [1.54, 1.807) is 6.07 Å². The molecule has 0 saturated carbocycles. The number of hydrogen-bond donors (Lipinski definition) is 2. The van der Waals surface area contributed by atoms with Gasteiger partial charge in [-0.25, -0.2) is 0 Å². The van der Waals surface area contributed by atoms with E-state index < -0.39 is 0 Å². The van der Waals surface area contributed by atoms with Gasteiger partial charge >= 0.3 is 0 Å². The maximum absolute atomic E-state index is 9.43. The van der Waals surface area contributed by atoms with Crippen LogP contribution in [0.4, 0.5) is 0 Å². The smallest absolute Gasteiger partial charge is 0.124 e. The highest BCUT2D eigenvalue weighted by molar-refractivity contribution is 5.83. The molecule has 0 amide bonds. The SMILES string of the molecule is CC(C)(C)c1ccc(O)c(C=NO)c1. The van der Waals surface area contributed by atoms with Gasteiger partial charge in [-0.15, -0.1) is 0 Å². The Labute approximate surface area is 83.7 Å². The fourth-order valence-corrected chi connectivity index (χ4v) is 1.19. The molecule has 0 aromatic heterocycles. The van der Waals surface area contributed by atoms with Crippen LogP contribution in [0.2, 0.25) is 0 Å². The van der Waals surface area contributed by atoms with Gasteiger partial charge in [-0.1, -0.05) is 32.0 Å². The average molecular weight is 193 g/mol. The Morgan fingerprint density at radius 1 is 1.29 bits per heavy atom. The van der Waals surface area contributed by atoms with E-state index in [-0.39, 0.29) is 11.2 Å². The first-order chi connectivity index (χ1) is 6.45. The van der Waals surface area contributed by atoms with Crippen molar-refractivity contribution in [2.24, 2.45) is 5.16 Å². The van der Waals surface area contributed by atoms with Crippen molar-refractivity contribution in [3.8, 4) is 5.75 Å². The standard InChI is InChI=1S/C11H15NO2/c1-11(2,3)9-4-5-10(13)8(6-9)7-12-14/h4-7,13-14H,1-3H3. The van der Waals surface area contributed by atoms with Crippen molar-refractivity contribution in [1.29, 1.82) is 0 Å². The Morgan fingerprint density at radius 2 is 1.93 bits per heavy atom. The summed E-state index contributed by atoms with van der Waals surface area (Å²) in [5, 5.41) is 20.7. The number of nitrogens with zero attached hydrogens (tertiary/aromatic N) is 1. The lowest BCUT2D eigenvalue weighted by atomic mass is 9.86. The molecule has 0 aliphatic heterocycles. The summed E-state index contributed by atoms with van der Waals surface area (Å²) >= 11 is 0. The monoisotopic (exact) mass is 193 g/mol. The van der Waals surface area contributed by atoms with E-state index in [0.717, 1.165) is 5.56 Å². The summed E-state index contributed by atoms with van der Waals surface area (Å²) in [6, 6.07) is 5.29. The maximum Gasteiger partial charge on any atom is 0.124 e. The number of phenols is 1. The Hall–Kier alpha value is -1.51. The number of phenolic OH excluding ortho intramolecular Hbond substituents is 1. The molecule has 0 fully saturated rings. The lowest BCUT2D eigenvalue weighted by Gasteiger charge is -2.19. The molecular formula is C11H15NO2. The predicted octanol–water partition coefficient (Wildman–Crippen LogP) is 2.50. The van der Waals surface area contributed by atoms with Gasteiger partial charge in [0.1, 0.15) is 5.75 Å². The first kappa shape index (κ1) is 10.6. The fraction of sp³-hybridized carbons (Fsp3) is 0.364. The van der Waals surface area contributed by atoms with Crippen LogP contribution >= 0.6 is 0 Å². The summed E-state index contributed by atoms with van der Waals surface area (Å²) in [4.78, 5) is 0. The first-order valence-corrected chi connectivity index (χ1v) is 4.46. The fourth-order valence-electron chi connectivity index (χ4n) is 1.19. The number of hydrogen-bond acceptors (Lipinski definition) is 3. The van der Waals surface area contributed by atoms with Gasteiger partial charge in [0.15, 0.2) is 0 Å². The lowest BCUT2D eigenvalue weighted by Crippen LogP contribution is -2.11. The van der Waals surface area contributed by atoms with Crippen LogP contribution in [0.1, 0.15) is 31.9 Å². The van der Waals surface area contributed by atoms with Crippen molar-refractivity contribution < 1.29 is 10.3 Å². The molecule has 0 heterocycles. The zero-order valence-corrected chi connectivity index (χ0v) is 8.65. The van der Waals surface area contributed by atoms with Gasteiger partial charge in [0.25, 0.3) is 0 Å². The Bertz CT molecular complexity index is 351. The molecule has 1 aromatic carbocycles. The highest BCUT2D eigenvalue weighted by Gasteiger charge is 2.14. The molecule has 0 bridgehead atoms. The molecule has 0 radical (unpaired) electrons. The van der Waals surface area contributed by atoms with E-state index in [4.69, 9.17) is 5.21 Å². The van der Waals surface area contributed by atoms with E-state index in [1.807, 2.05) is 12.1 Å². The van der Waals surface area contributed by atoms with Crippen molar-refractivity contribution in [2.45, 2.75) is 26.2 Å². The van der Waals surface area contributed by atoms with Crippen molar-refractivity contribution >= 4 is 6.21 Å². The summed E-state index contributed by atoms with van der Waals surface area (Å²) in [6.45, 7) is 6.25. The van der Waals surface area contributed by atoms with E-state index in [1.165, 1.54) is 6.21 Å². The van der Waals surface area contributed by atoms with Crippen LogP contribution in [0, 0.1) is 0 Å². The zero-order chi connectivity index (χ0) is 10.8. The normalized spacial score (nSPS) is 12.2. The molecule has 1 aromatic rings. The molecule has 76 valence electrons. The van der Waals surface area contributed by atoms with Crippen LogP contribution in [0.5, 0.6) is 5.75 Å². The molecule has 14 heavy (non-hydrogen) atoms. The minimum absolute atomic E-state index is 0.0196. The summed E-state index contributed by atoms with van der Waals surface area (Å²) in [5.74, 6) is 0.121. The Morgan fingerprint density at radius 3 is 2.43 bits per heavy atom. The van der Waals surface area contributed by atoms with Gasteiger partial charge in [-0.3, -0.25) is 0 Å². The summed E-state index contributed by atoms with van der Waals surface area (Å²) < 4.78 is 0. The molecule has 0 spiro atoms. The summed E-state index contributed by atoms with van der Waals surface area (Å²) in [7, 11) is 0. The molecule has 3 heteroatoms. The highest BCUT2D eigenvalue weighted by Crippen LogP contribution is 2.26. The molecule has 0 aliphatic rings. The van der Waals surface area contributed by atoms with Crippen LogP contribution < -0.4 is 0 Å². The molecule has 0 saturated heterocycles. The predicted molar refractivity (Wildman–Crippen MR) is 56.2 cm³/mol. The van der Waals surface area contributed by atoms with Crippen LogP contribution in [0.25, 0.3) is 0 Å². The number of benzene rings is 1. The maximum atomic E-state index is 9.43. The van der Waals surface area contributed by atoms with Gasteiger partial charge in [-0.05, 0) is 23.1 Å². The molecule has 0 aliphatic carbocycles. The Balaban J connectivity index is 3.19. The molecule has 1 rings (SSSR count). The van der Waals surface area contributed by atoms with Gasteiger partial charge in [-0.2, -0.15) is 0 Å². The minimum Gasteiger partial charge on any atom is -0.507 e. The van der Waals surface area contributed by atoms with Crippen LogP contribution in [-0.2, 0) is 5.41 Å². The van der Waals surface area contributed by atoms with E-state index in [9.17, 15) is 5.11 Å².